The van der Waals surface area contributed by atoms with E-state index in [1.165, 1.54) is 0 Å². The molecule has 25 heavy (non-hydrogen) atoms. The molecule has 0 aliphatic carbocycles. The number of hydrogen-bond acceptors (Lipinski definition) is 4. The van der Waals surface area contributed by atoms with Crippen molar-refractivity contribution in [2.24, 2.45) is 0 Å². The molecular weight excluding hydrogens is 316 g/mol. The summed E-state index contributed by atoms with van der Waals surface area (Å²) >= 11 is 0. The molecule has 0 aromatic heterocycles. The number of piperidine rings is 1. The van der Waals surface area contributed by atoms with Gasteiger partial charge in [-0.1, -0.05) is 18.2 Å². The van der Waals surface area contributed by atoms with Crippen molar-refractivity contribution in [2.45, 2.75) is 31.4 Å². The molecule has 1 aliphatic heterocycles. The number of fused-ring (bicyclic) bond motifs is 1. The molecule has 1 saturated heterocycles. The van der Waals surface area contributed by atoms with Crippen LogP contribution in [0.15, 0.2) is 36.4 Å². The van der Waals surface area contributed by atoms with Gasteiger partial charge in [0, 0.05) is 13.1 Å². The minimum atomic E-state index is -1.26. The molecule has 3 rings (SSSR count). The zero-order valence-corrected chi connectivity index (χ0v) is 15.1. The standard InChI is InChI=1S/C20H26N2O3/c1-14(21-19(23)20(24)8-10-22(2)11-9-20)15-4-5-17-13-18(25-3)7-6-16(17)12-15/h4-7,12-14,24H,8-11H2,1-3H3,(H,21,23)/t14-/m0/s1. The summed E-state index contributed by atoms with van der Waals surface area (Å²) in [5.41, 5.74) is -0.243. The van der Waals surface area contributed by atoms with Crippen LogP contribution in [0.5, 0.6) is 5.75 Å². The van der Waals surface area contributed by atoms with Crippen molar-refractivity contribution in [1.29, 1.82) is 0 Å². The van der Waals surface area contributed by atoms with Gasteiger partial charge in [0.1, 0.15) is 11.4 Å². The number of likely N-dealkylation sites (tertiary alicyclic amines) is 1. The topological polar surface area (TPSA) is 61.8 Å². The Labute approximate surface area is 148 Å². The lowest BCUT2D eigenvalue weighted by Gasteiger charge is -2.36. The second-order valence-corrected chi connectivity index (χ2v) is 7.00. The number of carbonyl (C=O) groups is 1. The Kier molecular flexibility index (Phi) is 4.97. The molecule has 1 fully saturated rings. The molecule has 1 aliphatic rings. The molecule has 1 amide bonds. The fourth-order valence-corrected chi connectivity index (χ4v) is 3.27. The highest BCUT2D eigenvalue weighted by Gasteiger charge is 2.39. The number of amides is 1. The van der Waals surface area contributed by atoms with E-state index in [1.807, 2.05) is 44.3 Å². The molecule has 1 heterocycles. The molecule has 2 N–H and O–H groups in total. The molecule has 2 aromatic rings. The van der Waals surface area contributed by atoms with E-state index in [0.29, 0.717) is 12.8 Å². The summed E-state index contributed by atoms with van der Waals surface area (Å²) in [4.78, 5) is 14.7. The van der Waals surface area contributed by atoms with Crippen molar-refractivity contribution in [3.8, 4) is 5.75 Å². The maximum atomic E-state index is 12.6. The summed E-state index contributed by atoms with van der Waals surface area (Å²) in [6.45, 7) is 3.41. The predicted molar refractivity (Wildman–Crippen MR) is 98.7 cm³/mol. The van der Waals surface area contributed by atoms with Crippen LogP contribution < -0.4 is 10.1 Å². The normalized spacial score (nSPS) is 18.7. The summed E-state index contributed by atoms with van der Waals surface area (Å²) in [6, 6.07) is 11.9. The zero-order chi connectivity index (χ0) is 18.0. The van der Waals surface area contributed by atoms with Gasteiger partial charge in [0.2, 0.25) is 0 Å². The fraction of sp³-hybridized carbons (Fsp3) is 0.450. The van der Waals surface area contributed by atoms with Crippen LogP contribution in [0, 0.1) is 0 Å². The van der Waals surface area contributed by atoms with Crippen LogP contribution in [0.4, 0.5) is 0 Å². The largest absolute Gasteiger partial charge is 0.497 e. The monoisotopic (exact) mass is 342 g/mol. The van der Waals surface area contributed by atoms with E-state index in [-0.39, 0.29) is 11.9 Å². The van der Waals surface area contributed by atoms with Gasteiger partial charge in [-0.2, -0.15) is 0 Å². The SMILES string of the molecule is COc1ccc2cc([C@H](C)NC(=O)C3(O)CCN(C)CC3)ccc2c1. The third-order valence-corrected chi connectivity index (χ3v) is 5.16. The van der Waals surface area contributed by atoms with Gasteiger partial charge in [-0.3, -0.25) is 4.79 Å². The Hall–Kier alpha value is -2.11. The average molecular weight is 342 g/mol. The van der Waals surface area contributed by atoms with Crippen LogP contribution in [-0.4, -0.2) is 48.8 Å². The molecular formula is C20H26N2O3. The van der Waals surface area contributed by atoms with Gasteiger partial charge < -0.3 is 20.1 Å². The number of rotatable bonds is 4. The van der Waals surface area contributed by atoms with E-state index in [2.05, 4.69) is 16.3 Å². The van der Waals surface area contributed by atoms with Crippen LogP contribution in [0.2, 0.25) is 0 Å². The first-order valence-electron chi connectivity index (χ1n) is 8.71. The number of nitrogens with zero attached hydrogens (tertiary/aromatic N) is 1. The van der Waals surface area contributed by atoms with Crippen LogP contribution in [0.1, 0.15) is 31.4 Å². The van der Waals surface area contributed by atoms with Crippen molar-refractivity contribution in [2.75, 3.05) is 27.2 Å². The minimum Gasteiger partial charge on any atom is -0.497 e. The molecule has 0 bridgehead atoms. The van der Waals surface area contributed by atoms with Gasteiger partial charge >= 0.3 is 0 Å². The Balaban J connectivity index is 1.73. The number of aliphatic hydroxyl groups is 1. The number of carbonyl (C=O) groups excluding carboxylic acids is 1. The summed E-state index contributed by atoms with van der Waals surface area (Å²) < 4.78 is 5.25. The molecule has 2 aromatic carbocycles. The van der Waals surface area contributed by atoms with E-state index in [0.717, 1.165) is 35.2 Å². The van der Waals surface area contributed by atoms with Gasteiger partial charge in [-0.25, -0.2) is 0 Å². The Morgan fingerprint density at radius 1 is 1.20 bits per heavy atom. The third kappa shape index (κ3) is 3.78. The number of methoxy groups -OCH3 is 1. The van der Waals surface area contributed by atoms with Crippen molar-refractivity contribution < 1.29 is 14.6 Å². The van der Waals surface area contributed by atoms with Crippen molar-refractivity contribution >= 4 is 16.7 Å². The lowest BCUT2D eigenvalue weighted by atomic mass is 9.90. The van der Waals surface area contributed by atoms with Gasteiger partial charge in [0.05, 0.1) is 13.2 Å². The molecule has 0 saturated carbocycles. The van der Waals surface area contributed by atoms with Gasteiger partial charge in [0.25, 0.3) is 5.91 Å². The lowest BCUT2D eigenvalue weighted by molar-refractivity contribution is -0.145. The molecule has 0 radical (unpaired) electrons. The second-order valence-electron chi connectivity index (χ2n) is 7.00. The smallest absolute Gasteiger partial charge is 0.252 e. The lowest BCUT2D eigenvalue weighted by Crippen LogP contribution is -2.53. The van der Waals surface area contributed by atoms with Gasteiger partial charge in [-0.05, 0) is 61.3 Å². The number of nitrogens with one attached hydrogen (secondary N) is 1. The van der Waals surface area contributed by atoms with Crippen molar-refractivity contribution in [3.05, 3.63) is 42.0 Å². The Bertz CT molecular complexity index is 767. The number of ether oxygens (including phenoxy) is 1. The highest BCUT2D eigenvalue weighted by molar-refractivity contribution is 5.86. The van der Waals surface area contributed by atoms with Crippen LogP contribution in [-0.2, 0) is 4.79 Å². The zero-order valence-electron chi connectivity index (χ0n) is 15.1. The minimum absolute atomic E-state index is 0.164. The maximum Gasteiger partial charge on any atom is 0.252 e. The van der Waals surface area contributed by atoms with Gasteiger partial charge in [0.15, 0.2) is 0 Å². The Morgan fingerprint density at radius 3 is 2.52 bits per heavy atom. The molecule has 134 valence electrons. The quantitative estimate of drug-likeness (QED) is 0.896. The van der Waals surface area contributed by atoms with E-state index in [1.54, 1.807) is 7.11 Å². The van der Waals surface area contributed by atoms with E-state index in [4.69, 9.17) is 4.74 Å². The van der Waals surface area contributed by atoms with E-state index < -0.39 is 5.60 Å². The van der Waals surface area contributed by atoms with E-state index in [9.17, 15) is 9.90 Å². The fourth-order valence-electron chi connectivity index (χ4n) is 3.27. The van der Waals surface area contributed by atoms with E-state index >= 15 is 0 Å². The molecule has 5 heteroatoms. The summed E-state index contributed by atoms with van der Waals surface area (Å²) in [6.07, 6.45) is 0.944. The first-order chi connectivity index (χ1) is 11.9. The summed E-state index contributed by atoms with van der Waals surface area (Å²) in [7, 11) is 3.66. The highest BCUT2D eigenvalue weighted by Crippen LogP contribution is 2.26. The summed E-state index contributed by atoms with van der Waals surface area (Å²) in [5, 5.41) is 15.8. The Morgan fingerprint density at radius 2 is 1.84 bits per heavy atom. The van der Waals surface area contributed by atoms with Crippen LogP contribution in [0.25, 0.3) is 10.8 Å². The summed E-state index contributed by atoms with van der Waals surface area (Å²) in [5.74, 6) is 0.550. The number of hydrogen-bond donors (Lipinski definition) is 2. The first-order valence-corrected chi connectivity index (χ1v) is 8.71. The van der Waals surface area contributed by atoms with Crippen molar-refractivity contribution in [1.82, 2.24) is 10.2 Å². The van der Waals surface area contributed by atoms with Crippen LogP contribution in [0.3, 0.4) is 0 Å². The second kappa shape index (κ2) is 7.02. The number of benzene rings is 2. The van der Waals surface area contributed by atoms with Crippen molar-refractivity contribution in [3.63, 3.8) is 0 Å². The molecule has 0 unspecified atom stereocenters. The average Bonchev–Trinajstić information content (AvgIpc) is 2.63. The molecule has 1 atom stereocenters. The highest BCUT2D eigenvalue weighted by atomic mass is 16.5. The molecule has 5 nitrogen and oxygen atoms in total. The predicted octanol–water partition coefficient (Wildman–Crippen LogP) is 2.48. The first kappa shape index (κ1) is 17.7. The maximum absolute atomic E-state index is 12.6. The third-order valence-electron chi connectivity index (χ3n) is 5.16. The van der Waals surface area contributed by atoms with Crippen LogP contribution >= 0.6 is 0 Å². The van der Waals surface area contributed by atoms with Gasteiger partial charge in [-0.15, -0.1) is 0 Å². The molecule has 0 spiro atoms.